The largest absolute Gasteiger partial charge is 0.342 e. The van der Waals surface area contributed by atoms with Gasteiger partial charge in [0.15, 0.2) is 0 Å². The van der Waals surface area contributed by atoms with Gasteiger partial charge in [0.25, 0.3) is 0 Å². The lowest BCUT2D eigenvalue weighted by Crippen LogP contribution is -2.65. The normalized spacial score (nSPS) is 22.6. The zero-order valence-electron chi connectivity index (χ0n) is 12.6. The summed E-state index contributed by atoms with van der Waals surface area (Å²) in [7, 11) is 0. The third-order valence-corrected chi connectivity index (χ3v) is 3.69. The van der Waals surface area contributed by atoms with Gasteiger partial charge in [-0.3, -0.25) is 14.5 Å². The third kappa shape index (κ3) is 3.06. The Morgan fingerprint density at radius 2 is 2.05 bits per heavy atom. The summed E-state index contributed by atoms with van der Waals surface area (Å²) >= 11 is 0. The molecule has 1 aliphatic rings. The van der Waals surface area contributed by atoms with E-state index in [2.05, 4.69) is 5.32 Å². The molecule has 1 aliphatic heterocycles. The molecule has 0 aromatic heterocycles. The Labute approximate surface area is 124 Å². The maximum Gasteiger partial charge on any atom is 0.250 e. The SMILES string of the molecule is CCCC1NC(=O)C(C(C)C)N(c2cccc(F)c2)C1=O. The van der Waals surface area contributed by atoms with Crippen molar-refractivity contribution in [2.24, 2.45) is 5.92 Å². The highest BCUT2D eigenvalue weighted by Crippen LogP contribution is 2.26. The van der Waals surface area contributed by atoms with E-state index in [1.54, 1.807) is 12.1 Å². The van der Waals surface area contributed by atoms with E-state index in [-0.39, 0.29) is 17.7 Å². The van der Waals surface area contributed by atoms with Gasteiger partial charge in [-0.15, -0.1) is 0 Å². The lowest BCUT2D eigenvalue weighted by Gasteiger charge is -2.40. The Balaban J connectivity index is 2.43. The van der Waals surface area contributed by atoms with Gasteiger partial charge < -0.3 is 5.32 Å². The van der Waals surface area contributed by atoms with E-state index in [1.807, 2.05) is 20.8 Å². The first kappa shape index (κ1) is 15.5. The maximum absolute atomic E-state index is 13.5. The molecule has 1 fully saturated rings. The fourth-order valence-corrected chi connectivity index (χ4v) is 2.74. The molecule has 1 heterocycles. The number of hydrogen-bond acceptors (Lipinski definition) is 2. The fourth-order valence-electron chi connectivity index (χ4n) is 2.74. The number of amides is 2. The van der Waals surface area contributed by atoms with Crippen LogP contribution in [0.15, 0.2) is 24.3 Å². The van der Waals surface area contributed by atoms with Crippen LogP contribution in [0.5, 0.6) is 0 Å². The first-order valence-electron chi connectivity index (χ1n) is 7.34. The quantitative estimate of drug-likeness (QED) is 0.927. The van der Waals surface area contributed by atoms with E-state index >= 15 is 0 Å². The minimum absolute atomic E-state index is 0.0557. The average Bonchev–Trinajstić information content (AvgIpc) is 2.41. The van der Waals surface area contributed by atoms with Crippen LogP contribution >= 0.6 is 0 Å². The summed E-state index contributed by atoms with van der Waals surface area (Å²) in [5.41, 5.74) is 0.439. The number of hydrogen-bond donors (Lipinski definition) is 1. The summed E-state index contributed by atoms with van der Waals surface area (Å²) in [5, 5.41) is 2.79. The van der Waals surface area contributed by atoms with Gasteiger partial charge in [0.2, 0.25) is 11.8 Å². The highest BCUT2D eigenvalue weighted by atomic mass is 19.1. The second-order valence-corrected chi connectivity index (χ2v) is 5.73. The molecule has 0 saturated carbocycles. The molecule has 1 aromatic carbocycles. The van der Waals surface area contributed by atoms with Crippen LogP contribution in [0.2, 0.25) is 0 Å². The van der Waals surface area contributed by atoms with E-state index < -0.39 is 17.9 Å². The zero-order chi connectivity index (χ0) is 15.6. The molecule has 1 saturated heterocycles. The van der Waals surface area contributed by atoms with E-state index in [1.165, 1.54) is 17.0 Å². The Hall–Kier alpha value is -1.91. The summed E-state index contributed by atoms with van der Waals surface area (Å²) in [6.07, 6.45) is 1.38. The molecule has 0 aliphatic carbocycles. The van der Waals surface area contributed by atoms with Gasteiger partial charge in [-0.05, 0) is 30.5 Å². The molecule has 2 rings (SSSR count). The van der Waals surface area contributed by atoms with Crippen LogP contribution in [0.25, 0.3) is 0 Å². The number of rotatable bonds is 4. The van der Waals surface area contributed by atoms with Crippen molar-refractivity contribution < 1.29 is 14.0 Å². The molecule has 2 amide bonds. The van der Waals surface area contributed by atoms with E-state index in [4.69, 9.17) is 0 Å². The maximum atomic E-state index is 13.5. The van der Waals surface area contributed by atoms with Gasteiger partial charge in [-0.25, -0.2) is 4.39 Å². The first-order chi connectivity index (χ1) is 9.95. The molecule has 21 heavy (non-hydrogen) atoms. The van der Waals surface area contributed by atoms with Gasteiger partial charge in [-0.2, -0.15) is 0 Å². The molecule has 0 spiro atoms. The molecule has 1 aromatic rings. The van der Waals surface area contributed by atoms with E-state index in [0.717, 1.165) is 6.42 Å². The molecular formula is C16H21FN2O2. The smallest absolute Gasteiger partial charge is 0.250 e. The summed E-state index contributed by atoms with van der Waals surface area (Å²) in [6, 6.07) is 4.71. The van der Waals surface area contributed by atoms with Crippen LogP contribution in [0.3, 0.4) is 0 Å². The molecule has 0 bridgehead atoms. The van der Waals surface area contributed by atoms with Gasteiger partial charge in [0.05, 0.1) is 0 Å². The number of nitrogens with zero attached hydrogens (tertiary/aromatic N) is 1. The number of carbonyl (C=O) groups excluding carboxylic acids is 2. The van der Waals surface area contributed by atoms with Crippen molar-refractivity contribution in [1.82, 2.24) is 5.32 Å². The lowest BCUT2D eigenvalue weighted by atomic mass is 9.95. The highest BCUT2D eigenvalue weighted by molar-refractivity contribution is 6.08. The van der Waals surface area contributed by atoms with Crippen molar-refractivity contribution in [3.8, 4) is 0 Å². The van der Waals surface area contributed by atoms with E-state index in [0.29, 0.717) is 12.1 Å². The predicted molar refractivity (Wildman–Crippen MR) is 79.4 cm³/mol. The van der Waals surface area contributed by atoms with Crippen LogP contribution in [-0.4, -0.2) is 23.9 Å². The molecule has 4 nitrogen and oxygen atoms in total. The minimum atomic E-state index is -0.604. The van der Waals surface area contributed by atoms with Crippen molar-refractivity contribution in [1.29, 1.82) is 0 Å². The van der Waals surface area contributed by atoms with Crippen molar-refractivity contribution in [3.63, 3.8) is 0 Å². The summed E-state index contributed by atoms with van der Waals surface area (Å²) in [4.78, 5) is 26.5. The Kier molecular flexibility index (Phi) is 4.60. The Morgan fingerprint density at radius 3 is 2.62 bits per heavy atom. The number of anilines is 1. The second kappa shape index (κ2) is 6.24. The molecule has 0 radical (unpaired) electrons. The van der Waals surface area contributed by atoms with Crippen molar-refractivity contribution in [3.05, 3.63) is 30.1 Å². The lowest BCUT2D eigenvalue weighted by molar-refractivity contribution is -0.135. The number of carbonyl (C=O) groups is 2. The van der Waals surface area contributed by atoms with Gasteiger partial charge >= 0.3 is 0 Å². The molecule has 2 unspecified atom stereocenters. The molecule has 1 N–H and O–H groups in total. The minimum Gasteiger partial charge on any atom is -0.342 e. The number of piperazine rings is 1. The number of halogens is 1. The van der Waals surface area contributed by atoms with Crippen molar-refractivity contribution in [2.75, 3.05) is 4.90 Å². The monoisotopic (exact) mass is 292 g/mol. The number of nitrogens with one attached hydrogen (secondary N) is 1. The van der Waals surface area contributed by atoms with Gasteiger partial charge in [0.1, 0.15) is 17.9 Å². The molecule has 5 heteroatoms. The van der Waals surface area contributed by atoms with Crippen molar-refractivity contribution >= 4 is 17.5 Å². The standard InChI is InChI=1S/C16H21FN2O2/c1-4-6-13-16(21)19(12-8-5-7-11(17)9-12)14(10(2)3)15(20)18-13/h5,7-10,13-14H,4,6H2,1-3H3,(H,18,20). The zero-order valence-corrected chi connectivity index (χ0v) is 12.6. The summed E-state index contributed by atoms with van der Waals surface area (Å²) < 4.78 is 13.5. The Morgan fingerprint density at radius 1 is 1.33 bits per heavy atom. The molecule has 114 valence electrons. The second-order valence-electron chi connectivity index (χ2n) is 5.73. The first-order valence-corrected chi connectivity index (χ1v) is 7.34. The van der Waals surface area contributed by atoms with Crippen LogP contribution < -0.4 is 10.2 Å². The van der Waals surface area contributed by atoms with Crippen LogP contribution in [0, 0.1) is 11.7 Å². The summed E-state index contributed by atoms with van der Waals surface area (Å²) in [5.74, 6) is -0.811. The van der Waals surface area contributed by atoms with Gasteiger partial charge in [-0.1, -0.05) is 33.3 Å². The Bertz CT molecular complexity index is 545. The van der Waals surface area contributed by atoms with Crippen molar-refractivity contribution in [2.45, 2.75) is 45.7 Å². The fraction of sp³-hybridized carbons (Fsp3) is 0.500. The average molecular weight is 292 g/mol. The molecular weight excluding hydrogens is 271 g/mol. The van der Waals surface area contributed by atoms with Crippen LogP contribution in [-0.2, 0) is 9.59 Å². The highest BCUT2D eigenvalue weighted by Gasteiger charge is 2.42. The third-order valence-electron chi connectivity index (χ3n) is 3.69. The molecule has 2 atom stereocenters. The topological polar surface area (TPSA) is 49.4 Å². The van der Waals surface area contributed by atoms with Crippen LogP contribution in [0.4, 0.5) is 10.1 Å². The summed E-state index contributed by atoms with van der Waals surface area (Å²) in [6.45, 7) is 5.72. The predicted octanol–water partition coefficient (Wildman–Crippen LogP) is 2.48. The van der Waals surface area contributed by atoms with E-state index in [9.17, 15) is 14.0 Å². The number of benzene rings is 1. The van der Waals surface area contributed by atoms with Crippen LogP contribution in [0.1, 0.15) is 33.6 Å². The van der Waals surface area contributed by atoms with Gasteiger partial charge in [0, 0.05) is 5.69 Å².